The van der Waals surface area contributed by atoms with Crippen LogP contribution in [0.4, 0.5) is 5.69 Å². The first-order valence-electron chi connectivity index (χ1n) is 6.98. The van der Waals surface area contributed by atoms with E-state index in [2.05, 4.69) is 10.3 Å². The Kier molecular flexibility index (Phi) is 3.81. The molecule has 3 rings (SSSR count). The molecular weight excluding hydrogens is 316 g/mol. The first-order valence-corrected chi connectivity index (χ1v) is 8.20. The number of aromatic amines is 1. The summed E-state index contributed by atoms with van der Waals surface area (Å²) in [7, 11) is 0. The lowest BCUT2D eigenvalue weighted by atomic mass is 10.2. The van der Waals surface area contributed by atoms with Crippen molar-refractivity contribution in [3.05, 3.63) is 36.2 Å². The lowest BCUT2D eigenvalue weighted by Crippen LogP contribution is -2.42. The number of carbonyl (C=O) groups is 2. The second-order valence-electron chi connectivity index (χ2n) is 5.50. The number of H-pyrrole nitrogens is 1. The lowest BCUT2D eigenvalue weighted by Gasteiger charge is -2.29. The van der Waals surface area contributed by atoms with Crippen molar-refractivity contribution in [3.63, 3.8) is 0 Å². The number of thioether (sulfide) groups is 1. The third kappa shape index (κ3) is 3.05. The molecule has 0 atom stereocenters. The van der Waals surface area contributed by atoms with Crippen LogP contribution in [0.5, 0.6) is 0 Å². The van der Waals surface area contributed by atoms with Gasteiger partial charge in [-0.3, -0.25) is 0 Å². The fourth-order valence-electron chi connectivity index (χ4n) is 2.29. The van der Waals surface area contributed by atoms with E-state index in [1.54, 1.807) is 11.8 Å². The quantitative estimate of drug-likeness (QED) is 0.389. The van der Waals surface area contributed by atoms with Crippen LogP contribution in [0.25, 0.3) is 10.9 Å². The van der Waals surface area contributed by atoms with Gasteiger partial charge in [-0.15, -0.1) is 11.8 Å². The van der Waals surface area contributed by atoms with Gasteiger partial charge in [-0.25, -0.2) is 9.59 Å². The molecule has 2 aromatic rings. The zero-order chi connectivity index (χ0) is 16.6. The molecule has 1 aromatic carbocycles. The van der Waals surface area contributed by atoms with Crippen LogP contribution in [-0.2, 0) is 19.1 Å². The molecule has 2 N–H and O–H groups in total. The molecule has 0 saturated carbocycles. The molecule has 23 heavy (non-hydrogen) atoms. The molecule has 1 saturated heterocycles. The molecule has 120 valence electrons. The molecule has 6 nitrogen and oxygen atoms in total. The first kappa shape index (κ1) is 15.5. The van der Waals surface area contributed by atoms with Gasteiger partial charge in [0.2, 0.25) is 0 Å². The minimum Gasteiger partial charge on any atom is -0.419 e. The summed E-state index contributed by atoms with van der Waals surface area (Å²) < 4.78 is 10.1. The van der Waals surface area contributed by atoms with Gasteiger partial charge in [0, 0.05) is 47.7 Å². The summed E-state index contributed by atoms with van der Waals surface area (Å²) in [5, 5.41) is 4.01. The average molecular weight is 332 g/mol. The van der Waals surface area contributed by atoms with E-state index >= 15 is 0 Å². The molecule has 0 amide bonds. The molecule has 0 aliphatic carbocycles. The molecule has 1 fully saturated rings. The zero-order valence-corrected chi connectivity index (χ0v) is 13.7. The number of benzene rings is 1. The Morgan fingerprint density at radius 2 is 1.91 bits per heavy atom. The number of hydrogen-bond acceptors (Lipinski definition) is 6. The summed E-state index contributed by atoms with van der Waals surface area (Å²) in [6, 6.07) is 5.72. The van der Waals surface area contributed by atoms with Gasteiger partial charge in [-0.2, -0.15) is 0 Å². The van der Waals surface area contributed by atoms with Crippen molar-refractivity contribution >= 4 is 40.3 Å². The second-order valence-corrected chi connectivity index (χ2v) is 6.35. The second kappa shape index (κ2) is 5.66. The Balaban J connectivity index is 1.84. The van der Waals surface area contributed by atoms with E-state index in [-0.39, 0.29) is 5.57 Å². The topological polar surface area (TPSA) is 80.4 Å². The summed E-state index contributed by atoms with van der Waals surface area (Å²) in [5.41, 5.74) is 1.61. The Bertz CT molecular complexity index is 801. The maximum Gasteiger partial charge on any atom is 0.350 e. The number of aromatic nitrogens is 1. The van der Waals surface area contributed by atoms with Crippen LogP contribution in [0.15, 0.2) is 41.1 Å². The van der Waals surface area contributed by atoms with E-state index in [1.807, 2.05) is 30.7 Å². The normalized spacial score (nSPS) is 16.9. The van der Waals surface area contributed by atoms with Crippen LogP contribution < -0.4 is 5.32 Å². The van der Waals surface area contributed by atoms with Crippen LogP contribution in [-0.4, -0.2) is 29.0 Å². The largest absolute Gasteiger partial charge is 0.419 e. The molecule has 1 aliphatic heterocycles. The van der Waals surface area contributed by atoms with Crippen molar-refractivity contribution in [1.82, 2.24) is 4.98 Å². The monoisotopic (exact) mass is 332 g/mol. The van der Waals surface area contributed by atoms with Gasteiger partial charge in [0.05, 0.1) is 0 Å². The highest BCUT2D eigenvalue weighted by atomic mass is 32.2. The molecule has 0 unspecified atom stereocenters. The predicted molar refractivity (Wildman–Crippen MR) is 88.0 cm³/mol. The van der Waals surface area contributed by atoms with E-state index in [1.165, 1.54) is 20.0 Å². The van der Waals surface area contributed by atoms with Crippen LogP contribution in [0.2, 0.25) is 0 Å². The molecular formula is C16H16N2O4S. The maximum absolute atomic E-state index is 11.9. The Morgan fingerprint density at radius 1 is 1.22 bits per heavy atom. The standard InChI is InChI=1S/C16H16N2O4S/c1-16(2)21-14(19)11(15(20)22-16)7-17-9-4-5-12-10(6-9)13(23-3)8-18-12/h4-8,17-18H,1-3H3. The number of rotatable bonds is 3. The average Bonchev–Trinajstić information content (AvgIpc) is 2.87. The summed E-state index contributed by atoms with van der Waals surface area (Å²) in [5.74, 6) is -2.64. The minimum absolute atomic E-state index is 0.163. The highest BCUT2D eigenvalue weighted by Crippen LogP contribution is 2.29. The highest BCUT2D eigenvalue weighted by molar-refractivity contribution is 7.98. The highest BCUT2D eigenvalue weighted by Gasteiger charge is 2.38. The number of hydrogen-bond donors (Lipinski definition) is 2. The summed E-state index contributed by atoms with van der Waals surface area (Å²) in [6.07, 6.45) is 5.25. The summed E-state index contributed by atoms with van der Waals surface area (Å²) in [6.45, 7) is 3.02. The fourth-order valence-corrected chi connectivity index (χ4v) is 2.85. The molecule has 7 heteroatoms. The summed E-state index contributed by atoms with van der Waals surface area (Å²) in [4.78, 5) is 28.0. The SMILES string of the molecule is CSc1c[nH]c2ccc(NC=C3C(=O)OC(C)(C)OC3=O)cc12. The Hall–Kier alpha value is -2.41. The van der Waals surface area contributed by atoms with Crippen molar-refractivity contribution in [2.75, 3.05) is 11.6 Å². The van der Waals surface area contributed by atoms with Crippen LogP contribution in [0.3, 0.4) is 0 Å². The number of cyclic esters (lactones) is 2. The Labute approximate surface area is 137 Å². The third-order valence-electron chi connectivity index (χ3n) is 3.36. The smallest absolute Gasteiger partial charge is 0.350 e. The van der Waals surface area contributed by atoms with Crippen molar-refractivity contribution in [2.45, 2.75) is 24.5 Å². The van der Waals surface area contributed by atoms with Gasteiger partial charge in [-0.05, 0) is 24.5 Å². The van der Waals surface area contributed by atoms with Gasteiger partial charge in [0.15, 0.2) is 5.57 Å². The zero-order valence-electron chi connectivity index (χ0n) is 12.9. The third-order valence-corrected chi connectivity index (χ3v) is 4.14. The van der Waals surface area contributed by atoms with Crippen LogP contribution in [0.1, 0.15) is 13.8 Å². The molecule has 2 heterocycles. The van der Waals surface area contributed by atoms with Crippen molar-refractivity contribution in [3.8, 4) is 0 Å². The number of ether oxygens (including phenoxy) is 2. The van der Waals surface area contributed by atoms with E-state index in [4.69, 9.17) is 9.47 Å². The van der Waals surface area contributed by atoms with Crippen molar-refractivity contribution < 1.29 is 19.1 Å². The molecule has 0 radical (unpaired) electrons. The van der Waals surface area contributed by atoms with Gasteiger partial charge in [-0.1, -0.05) is 0 Å². The van der Waals surface area contributed by atoms with Gasteiger partial charge < -0.3 is 19.8 Å². The maximum atomic E-state index is 11.9. The van der Waals surface area contributed by atoms with Crippen molar-refractivity contribution in [1.29, 1.82) is 0 Å². The van der Waals surface area contributed by atoms with Gasteiger partial charge >= 0.3 is 11.9 Å². The van der Waals surface area contributed by atoms with Crippen LogP contribution >= 0.6 is 11.8 Å². The number of carbonyl (C=O) groups excluding carboxylic acids is 2. The Morgan fingerprint density at radius 3 is 2.57 bits per heavy atom. The molecule has 1 aliphatic rings. The van der Waals surface area contributed by atoms with Gasteiger partial charge in [0.1, 0.15) is 0 Å². The summed E-state index contributed by atoms with van der Waals surface area (Å²) >= 11 is 1.64. The first-order chi connectivity index (χ1) is 10.9. The van der Waals surface area contributed by atoms with E-state index in [0.717, 1.165) is 21.5 Å². The molecule has 0 spiro atoms. The molecule has 0 bridgehead atoms. The van der Waals surface area contributed by atoms with E-state index in [0.29, 0.717) is 0 Å². The number of esters is 2. The lowest BCUT2D eigenvalue weighted by molar-refractivity contribution is -0.222. The number of anilines is 1. The van der Waals surface area contributed by atoms with E-state index < -0.39 is 17.7 Å². The minimum atomic E-state index is -1.23. The van der Waals surface area contributed by atoms with Crippen molar-refractivity contribution in [2.24, 2.45) is 0 Å². The number of nitrogens with one attached hydrogen (secondary N) is 2. The predicted octanol–water partition coefficient (Wildman–Crippen LogP) is 3.02. The van der Waals surface area contributed by atoms with Gasteiger partial charge in [0.25, 0.3) is 5.79 Å². The fraction of sp³-hybridized carbons (Fsp3) is 0.250. The molecule has 1 aromatic heterocycles. The van der Waals surface area contributed by atoms with E-state index in [9.17, 15) is 9.59 Å². The number of fused-ring (bicyclic) bond motifs is 1. The van der Waals surface area contributed by atoms with Crippen LogP contribution in [0, 0.1) is 0 Å².